The third-order valence-corrected chi connectivity index (χ3v) is 2.07. The average molecular weight is 151 g/mol. The summed E-state index contributed by atoms with van der Waals surface area (Å²) < 4.78 is 0. The van der Waals surface area contributed by atoms with Crippen molar-refractivity contribution in [2.24, 2.45) is 0 Å². The fourth-order valence-corrected chi connectivity index (χ4v) is 1.44. The van der Waals surface area contributed by atoms with E-state index in [0.29, 0.717) is 6.42 Å². The summed E-state index contributed by atoms with van der Waals surface area (Å²) in [5, 5.41) is 0. The van der Waals surface area contributed by atoms with Crippen LogP contribution in [0, 0.1) is 12.3 Å². The van der Waals surface area contributed by atoms with Crippen molar-refractivity contribution < 1.29 is 4.79 Å². The molecule has 1 aliphatic heterocycles. The van der Waals surface area contributed by atoms with Gasteiger partial charge in [0.25, 0.3) is 0 Å². The molecule has 0 aromatic carbocycles. The van der Waals surface area contributed by atoms with Crippen LogP contribution < -0.4 is 0 Å². The summed E-state index contributed by atoms with van der Waals surface area (Å²) in [6, 6.07) is 0.0717. The lowest BCUT2D eigenvalue weighted by molar-refractivity contribution is -0.130. The van der Waals surface area contributed by atoms with Gasteiger partial charge in [0.1, 0.15) is 0 Å². The zero-order chi connectivity index (χ0) is 8.27. The van der Waals surface area contributed by atoms with Crippen LogP contribution in [0.3, 0.4) is 0 Å². The Hall–Kier alpha value is -0.970. The first-order valence-electron chi connectivity index (χ1n) is 4.05. The summed E-state index contributed by atoms with van der Waals surface area (Å²) in [5.74, 6) is 2.82. The molecule has 0 aromatic heterocycles. The lowest BCUT2D eigenvalue weighted by Gasteiger charge is -2.19. The summed E-state index contributed by atoms with van der Waals surface area (Å²) in [5.41, 5.74) is 0. The van der Waals surface area contributed by atoms with E-state index >= 15 is 0 Å². The summed E-state index contributed by atoms with van der Waals surface area (Å²) in [6.45, 7) is 2.72. The van der Waals surface area contributed by atoms with Crippen molar-refractivity contribution in [1.29, 1.82) is 0 Å². The lowest BCUT2D eigenvalue weighted by atomic mass is 10.2. The summed E-state index contributed by atoms with van der Waals surface area (Å²) in [4.78, 5) is 13.0. The molecule has 1 atom stereocenters. The largest absolute Gasteiger partial charge is 0.329 e. The van der Waals surface area contributed by atoms with E-state index in [-0.39, 0.29) is 11.9 Å². The first-order valence-corrected chi connectivity index (χ1v) is 4.05. The van der Waals surface area contributed by atoms with Crippen molar-refractivity contribution in [1.82, 2.24) is 4.90 Å². The maximum atomic E-state index is 11.2. The van der Waals surface area contributed by atoms with E-state index in [1.807, 2.05) is 6.92 Å². The number of likely N-dealkylation sites (tertiary alicyclic amines) is 1. The molecule has 0 aromatic rings. The van der Waals surface area contributed by atoms with Crippen molar-refractivity contribution in [2.75, 3.05) is 6.54 Å². The van der Waals surface area contributed by atoms with Crippen LogP contribution in [0.4, 0.5) is 0 Å². The monoisotopic (exact) mass is 151 g/mol. The Kier molecular flexibility index (Phi) is 2.53. The van der Waals surface area contributed by atoms with E-state index in [1.165, 1.54) is 0 Å². The SMILES string of the molecule is C#CC1CCCN1C(=O)CC. The van der Waals surface area contributed by atoms with Crippen LogP contribution in [0.25, 0.3) is 0 Å². The number of carbonyl (C=O) groups excluding carboxylic acids is 1. The fraction of sp³-hybridized carbons (Fsp3) is 0.667. The van der Waals surface area contributed by atoms with Gasteiger partial charge < -0.3 is 4.90 Å². The molecule has 1 amide bonds. The summed E-state index contributed by atoms with van der Waals surface area (Å²) in [7, 11) is 0. The van der Waals surface area contributed by atoms with Crippen LogP contribution >= 0.6 is 0 Å². The van der Waals surface area contributed by atoms with E-state index in [9.17, 15) is 4.79 Å². The van der Waals surface area contributed by atoms with Gasteiger partial charge in [-0.15, -0.1) is 6.42 Å². The number of hydrogen-bond acceptors (Lipinski definition) is 1. The van der Waals surface area contributed by atoms with Crippen molar-refractivity contribution in [2.45, 2.75) is 32.2 Å². The van der Waals surface area contributed by atoms with Crippen LogP contribution in [0.2, 0.25) is 0 Å². The number of hydrogen-bond donors (Lipinski definition) is 0. The molecule has 0 bridgehead atoms. The Balaban J connectivity index is 2.58. The highest BCUT2D eigenvalue weighted by Gasteiger charge is 2.25. The fourth-order valence-electron chi connectivity index (χ4n) is 1.44. The second-order valence-corrected chi connectivity index (χ2v) is 2.77. The van der Waals surface area contributed by atoms with Gasteiger partial charge in [0, 0.05) is 13.0 Å². The van der Waals surface area contributed by atoms with Crippen molar-refractivity contribution in [3.63, 3.8) is 0 Å². The maximum Gasteiger partial charge on any atom is 0.223 e. The second-order valence-electron chi connectivity index (χ2n) is 2.77. The minimum Gasteiger partial charge on any atom is -0.329 e. The van der Waals surface area contributed by atoms with Gasteiger partial charge in [-0.3, -0.25) is 4.79 Å². The van der Waals surface area contributed by atoms with E-state index < -0.39 is 0 Å². The third kappa shape index (κ3) is 1.54. The normalized spacial score (nSPS) is 23.3. The molecule has 1 fully saturated rings. The van der Waals surface area contributed by atoms with Gasteiger partial charge in [0.2, 0.25) is 5.91 Å². The van der Waals surface area contributed by atoms with Crippen LogP contribution in [0.1, 0.15) is 26.2 Å². The van der Waals surface area contributed by atoms with Crippen molar-refractivity contribution in [3.05, 3.63) is 0 Å². The molecule has 0 aliphatic carbocycles. The van der Waals surface area contributed by atoms with E-state index in [2.05, 4.69) is 5.92 Å². The molecule has 1 heterocycles. The first-order chi connectivity index (χ1) is 5.29. The van der Waals surface area contributed by atoms with E-state index in [1.54, 1.807) is 4.90 Å². The lowest BCUT2D eigenvalue weighted by Crippen LogP contribution is -2.33. The molecule has 2 heteroatoms. The van der Waals surface area contributed by atoms with Gasteiger partial charge in [-0.25, -0.2) is 0 Å². The van der Waals surface area contributed by atoms with Crippen molar-refractivity contribution in [3.8, 4) is 12.3 Å². The number of nitrogens with zero attached hydrogens (tertiary/aromatic N) is 1. The minimum atomic E-state index is 0.0717. The van der Waals surface area contributed by atoms with Gasteiger partial charge in [-0.05, 0) is 12.8 Å². The molecule has 11 heavy (non-hydrogen) atoms. The molecule has 0 spiro atoms. The van der Waals surface area contributed by atoms with Gasteiger partial charge in [-0.1, -0.05) is 12.8 Å². The molecule has 0 N–H and O–H groups in total. The number of carbonyl (C=O) groups is 1. The predicted octanol–water partition coefficient (Wildman–Crippen LogP) is 1.02. The zero-order valence-corrected chi connectivity index (χ0v) is 6.84. The Morgan fingerprint density at radius 2 is 2.55 bits per heavy atom. The number of amides is 1. The first kappa shape index (κ1) is 8.13. The standard InChI is InChI=1S/C9H13NO/c1-3-8-6-5-7-10(8)9(11)4-2/h1,8H,4-7H2,2H3. The Morgan fingerprint density at radius 3 is 3.09 bits per heavy atom. The molecular weight excluding hydrogens is 138 g/mol. The smallest absolute Gasteiger partial charge is 0.223 e. The average Bonchev–Trinajstić information content (AvgIpc) is 2.50. The molecule has 2 nitrogen and oxygen atoms in total. The van der Waals surface area contributed by atoms with Gasteiger partial charge >= 0.3 is 0 Å². The highest BCUT2D eigenvalue weighted by molar-refractivity contribution is 5.76. The van der Waals surface area contributed by atoms with Gasteiger partial charge in [-0.2, -0.15) is 0 Å². The van der Waals surface area contributed by atoms with Crippen molar-refractivity contribution >= 4 is 5.91 Å². The zero-order valence-electron chi connectivity index (χ0n) is 6.84. The third-order valence-electron chi connectivity index (χ3n) is 2.07. The molecule has 60 valence electrons. The molecule has 0 saturated carbocycles. The van der Waals surface area contributed by atoms with Crippen LogP contribution in [-0.2, 0) is 4.79 Å². The van der Waals surface area contributed by atoms with Gasteiger partial charge in [0.05, 0.1) is 6.04 Å². The summed E-state index contributed by atoms with van der Waals surface area (Å²) in [6.07, 6.45) is 7.87. The van der Waals surface area contributed by atoms with E-state index in [0.717, 1.165) is 19.4 Å². The second kappa shape index (κ2) is 3.43. The number of rotatable bonds is 1. The topological polar surface area (TPSA) is 20.3 Å². The van der Waals surface area contributed by atoms with E-state index in [4.69, 9.17) is 6.42 Å². The quantitative estimate of drug-likeness (QED) is 0.512. The molecular formula is C9H13NO. The number of terminal acetylenes is 1. The Morgan fingerprint density at radius 1 is 1.82 bits per heavy atom. The van der Waals surface area contributed by atoms with Crippen LogP contribution in [0.15, 0.2) is 0 Å². The Bertz CT molecular complexity index is 192. The Labute approximate surface area is 67.6 Å². The van der Waals surface area contributed by atoms with Crippen LogP contribution in [0.5, 0.6) is 0 Å². The van der Waals surface area contributed by atoms with Crippen LogP contribution in [-0.4, -0.2) is 23.4 Å². The molecule has 1 aliphatic rings. The predicted molar refractivity (Wildman–Crippen MR) is 43.9 cm³/mol. The highest BCUT2D eigenvalue weighted by atomic mass is 16.2. The minimum absolute atomic E-state index is 0.0717. The molecule has 1 saturated heterocycles. The summed E-state index contributed by atoms with van der Waals surface area (Å²) >= 11 is 0. The molecule has 1 rings (SSSR count). The molecule has 1 unspecified atom stereocenters. The van der Waals surface area contributed by atoms with Gasteiger partial charge in [0.15, 0.2) is 0 Å². The highest BCUT2D eigenvalue weighted by Crippen LogP contribution is 2.16. The maximum absolute atomic E-state index is 11.2. The molecule has 0 radical (unpaired) electrons.